The first kappa shape index (κ1) is 8.50. The third-order valence-electron chi connectivity index (χ3n) is 3.84. The molecule has 2 saturated carbocycles. The molecule has 2 aliphatic heterocycles. The fourth-order valence-corrected chi connectivity index (χ4v) is 3.88. The molecule has 0 spiro atoms. The smallest absolute Gasteiger partial charge is 0.309 e. The molecule has 3 heteroatoms. The summed E-state index contributed by atoms with van der Waals surface area (Å²) in [5.41, 5.74) is 0. The normalized spacial score (nSPS) is 53.3. The van der Waals surface area contributed by atoms with Gasteiger partial charge in [0.15, 0.2) is 0 Å². The highest BCUT2D eigenvalue weighted by atomic mass is 127. The van der Waals surface area contributed by atoms with Crippen molar-refractivity contribution in [2.45, 2.75) is 35.7 Å². The highest BCUT2D eigenvalue weighted by molar-refractivity contribution is 14.1. The summed E-state index contributed by atoms with van der Waals surface area (Å²) in [6.45, 7) is 0. The van der Waals surface area contributed by atoms with Crippen LogP contribution in [0.2, 0.25) is 0 Å². The Bertz CT molecular complexity index is 253. The Hall–Kier alpha value is 0.200. The monoisotopic (exact) mass is 292 g/mol. The van der Waals surface area contributed by atoms with Crippen molar-refractivity contribution in [3.63, 3.8) is 0 Å². The molecule has 4 rings (SSSR count). The lowest BCUT2D eigenvalue weighted by Crippen LogP contribution is -2.29. The minimum atomic E-state index is 0.110. The lowest BCUT2D eigenvalue weighted by atomic mass is 9.98. The second-order valence-electron chi connectivity index (χ2n) is 4.50. The molecule has 4 aliphatic rings. The molecule has 0 aromatic rings. The Morgan fingerprint density at radius 2 is 1.85 bits per heavy atom. The van der Waals surface area contributed by atoms with Gasteiger partial charge in [0, 0.05) is 3.92 Å². The van der Waals surface area contributed by atoms with Crippen LogP contribution in [0, 0.1) is 17.8 Å². The number of esters is 1. The zero-order valence-corrected chi connectivity index (χ0v) is 9.57. The molecule has 13 heavy (non-hydrogen) atoms. The summed E-state index contributed by atoms with van der Waals surface area (Å²) in [6, 6.07) is 0. The number of alkyl halides is 1. The highest BCUT2D eigenvalue weighted by Gasteiger charge is 2.58. The van der Waals surface area contributed by atoms with E-state index in [-0.39, 0.29) is 12.1 Å². The van der Waals surface area contributed by atoms with Crippen molar-refractivity contribution >= 4 is 28.6 Å². The predicted molar refractivity (Wildman–Crippen MR) is 56.6 cm³/mol. The Morgan fingerprint density at radius 3 is 2.62 bits per heavy atom. The standard InChI is InChI=1S/C10H13IO2/c11-7-3-1-5-6-2-4-8(7)13-10(12)9(5)6/h5-9H,1-4H2/t5-,6+,7-,8-,9-/m1/s1. The van der Waals surface area contributed by atoms with Crippen LogP contribution in [0.4, 0.5) is 0 Å². The van der Waals surface area contributed by atoms with Gasteiger partial charge in [-0.05, 0) is 37.5 Å². The summed E-state index contributed by atoms with van der Waals surface area (Å²) < 4.78 is 6.06. The molecule has 4 bridgehead atoms. The van der Waals surface area contributed by atoms with Crippen molar-refractivity contribution in [3.8, 4) is 0 Å². The zero-order valence-electron chi connectivity index (χ0n) is 7.41. The molecule has 2 aliphatic carbocycles. The summed E-state index contributed by atoms with van der Waals surface area (Å²) in [4.78, 5) is 11.6. The van der Waals surface area contributed by atoms with Crippen LogP contribution >= 0.6 is 22.6 Å². The molecule has 72 valence electrons. The SMILES string of the molecule is O=C1O[C@@H]2CC[C@H]3[C@@H](CC[C@H]2I)[C@@H]13. The molecule has 4 fully saturated rings. The van der Waals surface area contributed by atoms with Gasteiger partial charge in [0.2, 0.25) is 0 Å². The third-order valence-corrected chi connectivity index (χ3v) is 5.26. The number of ether oxygens (including phenoxy) is 1. The number of hydrogen-bond acceptors (Lipinski definition) is 2. The Labute approximate surface area is 91.5 Å². The van der Waals surface area contributed by atoms with Crippen LogP contribution in [0.5, 0.6) is 0 Å². The highest BCUT2D eigenvalue weighted by Crippen LogP contribution is 2.56. The second-order valence-corrected chi connectivity index (χ2v) is 6.10. The van der Waals surface area contributed by atoms with Gasteiger partial charge >= 0.3 is 5.97 Å². The van der Waals surface area contributed by atoms with Gasteiger partial charge in [-0.1, -0.05) is 22.6 Å². The molecule has 0 aromatic heterocycles. The first-order valence-corrected chi connectivity index (χ1v) is 6.36. The number of halogens is 1. The first-order valence-electron chi connectivity index (χ1n) is 5.12. The quantitative estimate of drug-likeness (QED) is 0.388. The van der Waals surface area contributed by atoms with E-state index in [1.807, 2.05) is 0 Å². The Morgan fingerprint density at radius 1 is 1.15 bits per heavy atom. The molecular weight excluding hydrogens is 279 g/mol. The van der Waals surface area contributed by atoms with E-state index in [9.17, 15) is 4.79 Å². The fraction of sp³-hybridized carbons (Fsp3) is 0.900. The number of carbonyl (C=O) groups excluding carboxylic acids is 1. The fourth-order valence-electron chi connectivity index (χ4n) is 3.02. The van der Waals surface area contributed by atoms with E-state index in [4.69, 9.17) is 4.74 Å². The van der Waals surface area contributed by atoms with Crippen LogP contribution in [0.15, 0.2) is 0 Å². The van der Waals surface area contributed by atoms with Gasteiger partial charge in [-0.3, -0.25) is 4.79 Å². The molecule has 5 atom stereocenters. The van der Waals surface area contributed by atoms with Crippen molar-refractivity contribution in [2.75, 3.05) is 0 Å². The molecule has 0 amide bonds. The molecule has 0 unspecified atom stereocenters. The molecule has 0 radical (unpaired) electrons. The lowest BCUT2D eigenvalue weighted by Gasteiger charge is -2.25. The summed E-state index contributed by atoms with van der Waals surface area (Å²) in [7, 11) is 0. The maximum Gasteiger partial charge on any atom is 0.309 e. The summed E-state index contributed by atoms with van der Waals surface area (Å²) in [6.07, 6.45) is 5.06. The van der Waals surface area contributed by atoms with Gasteiger partial charge in [0.05, 0.1) is 5.92 Å². The average molecular weight is 292 g/mol. The Kier molecular flexibility index (Phi) is 1.86. The van der Waals surface area contributed by atoms with Crippen molar-refractivity contribution in [2.24, 2.45) is 17.8 Å². The summed E-state index contributed by atoms with van der Waals surface area (Å²) in [5, 5.41) is 0. The van der Waals surface area contributed by atoms with E-state index in [0.29, 0.717) is 21.7 Å². The van der Waals surface area contributed by atoms with Crippen LogP contribution in [0.25, 0.3) is 0 Å². The van der Waals surface area contributed by atoms with Gasteiger partial charge in [-0.2, -0.15) is 0 Å². The van der Waals surface area contributed by atoms with E-state index in [2.05, 4.69) is 22.6 Å². The largest absolute Gasteiger partial charge is 0.461 e. The first-order chi connectivity index (χ1) is 6.27. The van der Waals surface area contributed by atoms with Gasteiger partial charge < -0.3 is 4.74 Å². The zero-order chi connectivity index (χ0) is 9.00. The van der Waals surface area contributed by atoms with Crippen molar-refractivity contribution in [1.29, 1.82) is 0 Å². The van der Waals surface area contributed by atoms with Crippen LogP contribution in [0.1, 0.15) is 25.7 Å². The average Bonchev–Trinajstić information content (AvgIpc) is 2.78. The van der Waals surface area contributed by atoms with Crippen LogP contribution in [-0.4, -0.2) is 16.0 Å². The maximum absolute atomic E-state index is 11.6. The van der Waals surface area contributed by atoms with Crippen LogP contribution in [0.3, 0.4) is 0 Å². The molecule has 2 saturated heterocycles. The summed E-state index contributed by atoms with van der Waals surface area (Å²) >= 11 is 2.45. The van der Waals surface area contributed by atoms with Crippen molar-refractivity contribution in [1.82, 2.24) is 0 Å². The van der Waals surface area contributed by atoms with E-state index in [1.165, 1.54) is 19.3 Å². The van der Waals surface area contributed by atoms with Crippen molar-refractivity contribution in [3.05, 3.63) is 0 Å². The number of carbonyl (C=O) groups is 1. The van der Waals surface area contributed by atoms with Gasteiger partial charge in [0.25, 0.3) is 0 Å². The van der Waals surface area contributed by atoms with Crippen LogP contribution < -0.4 is 0 Å². The molecular formula is C10H13IO2. The van der Waals surface area contributed by atoms with Gasteiger partial charge in [-0.25, -0.2) is 0 Å². The topological polar surface area (TPSA) is 26.3 Å². The van der Waals surface area contributed by atoms with E-state index < -0.39 is 0 Å². The third kappa shape index (κ3) is 1.22. The lowest BCUT2D eigenvalue weighted by molar-refractivity contribution is -0.151. The maximum atomic E-state index is 11.6. The molecule has 0 aromatic carbocycles. The molecule has 2 nitrogen and oxygen atoms in total. The van der Waals surface area contributed by atoms with Crippen molar-refractivity contribution < 1.29 is 9.53 Å². The van der Waals surface area contributed by atoms with Gasteiger partial charge in [-0.15, -0.1) is 0 Å². The minimum absolute atomic E-state index is 0.110. The van der Waals surface area contributed by atoms with Gasteiger partial charge in [0.1, 0.15) is 6.10 Å². The van der Waals surface area contributed by atoms with E-state index in [1.54, 1.807) is 0 Å². The summed E-state index contributed by atoms with van der Waals surface area (Å²) in [5.74, 6) is 1.79. The second kappa shape index (κ2) is 2.84. The van der Waals surface area contributed by atoms with E-state index in [0.717, 1.165) is 6.42 Å². The van der Waals surface area contributed by atoms with Crippen LogP contribution in [-0.2, 0) is 9.53 Å². The number of hydrogen-bond donors (Lipinski definition) is 0. The number of fused-ring (bicyclic) bond motifs is 4. The minimum Gasteiger partial charge on any atom is -0.461 e. The molecule has 0 N–H and O–H groups in total. The number of rotatable bonds is 0. The predicted octanol–water partition coefficient (Wildman–Crippen LogP) is 2.15. The van der Waals surface area contributed by atoms with E-state index >= 15 is 0 Å². The molecule has 2 heterocycles. The Balaban J connectivity index is 1.89.